The van der Waals surface area contributed by atoms with Gasteiger partial charge in [-0.05, 0) is 25.7 Å². The van der Waals surface area contributed by atoms with E-state index >= 15 is 0 Å². The summed E-state index contributed by atoms with van der Waals surface area (Å²) in [5, 5.41) is 4.73. The molecule has 1 aromatic heterocycles. The molecule has 1 aliphatic carbocycles. The largest absolute Gasteiger partial charge is 0.381 e. The number of ether oxygens (including phenoxy) is 1. The number of nitrogens with zero attached hydrogens (tertiary/aromatic N) is 1. The van der Waals surface area contributed by atoms with Crippen molar-refractivity contribution in [3.05, 3.63) is 15.6 Å². The Kier molecular flexibility index (Phi) is 3.43. The molecule has 0 aromatic carbocycles. The van der Waals surface area contributed by atoms with E-state index in [2.05, 4.69) is 19.2 Å². The number of hydrogen-bond donors (Lipinski definition) is 1. The van der Waals surface area contributed by atoms with Gasteiger partial charge in [-0.15, -0.1) is 11.3 Å². The van der Waals surface area contributed by atoms with Crippen LogP contribution in [0.5, 0.6) is 0 Å². The molecule has 1 saturated heterocycles. The first-order valence-electron chi connectivity index (χ1n) is 7.00. The Balaban J connectivity index is 1.78. The van der Waals surface area contributed by atoms with Gasteiger partial charge in [0.1, 0.15) is 5.01 Å². The van der Waals surface area contributed by atoms with Crippen LogP contribution >= 0.6 is 11.3 Å². The third-order valence-corrected chi connectivity index (χ3v) is 5.30. The summed E-state index contributed by atoms with van der Waals surface area (Å²) in [5.74, 6) is 0. The summed E-state index contributed by atoms with van der Waals surface area (Å²) in [6.07, 6.45) is 4.86. The average molecular weight is 266 g/mol. The minimum atomic E-state index is 0.361. The van der Waals surface area contributed by atoms with E-state index in [0.717, 1.165) is 19.8 Å². The van der Waals surface area contributed by atoms with Gasteiger partial charge in [-0.25, -0.2) is 4.98 Å². The lowest BCUT2D eigenvalue weighted by molar-refractivity contribution is 0.0493. The number of hydrogen-bond acceptors (Lipinski definition) is 4. The van der Waals surface area contributed by atoms with E-state index in [1.54, 1.807) is 0 Å². The maximum atomic E-state index is 5.52. The molecule has 1 N–H and O–H groups in total. The van der Waals surface area contributed by atoms with Crippen LogP contribution in [0.3, 0.4) is 0 Å². The van der Waals surface area contributed by atoms with Gasteiger partial charge < -0.3 is 10.1 Å². The Morgan fingerprint density at radius 2 is 2.11 bits per heavy atom. The number of rotatable bonds is 3. The minimum absolute atomic E-state index is 0.361. The third kappa shape index (κ3) is 2.22. The van der Waals surface area contributed by atoms with Gasteiger partial charge in [-0.1, -0.05) is 13.8 Å². The molecule has 1 spiro atoms. The Hall–Kier alpha value is -0.450. The second kappa shape index (κ2) is 4.91. The number of aromatic nitrogens is 1. The Labute approximate surface area is 113 Å². The Bertz CT molecular complexity index is 421. The molecule has 3 nitrogen and oxygen atoms in total. The first kappa shape index (κ1) is 12.6. The van der Waals surface area contributed by atoms with Crippen LogP contribution in [0.2, 0.25) is 0 Å². The summed E-state index contributed by atoms with van der Waals surface area (Å²) in [6.45, 7) is 7.11. The standard InChI is InChI=1S/C14H22N2OS/c1-10(2)15-9-12-16-13-11(18-12)3-4-14(13)5-7-17-8-6-14/h10,15H,3-9H2,1-2H3. The maximum Gasteiger partial charge on any atom is 0.107 e. The highest BCUT2D eigenvalue weighted by Gasteiger charge is 2.42. The first-order chi connectivity index (χ1) is 8.70. The molecule has 3 rings (SSSR count). The average Bonchev–Trinajstić information content (AvgIpc) is 2.90. The fraction of sp³-hybridized carbons (Fsp3) is 0.786. The molecule has 0 amide bonds. The molecule has 0 radical (unpaired) electrons. The third-order valence-electron chi connectivity index (χ3n) is 4.19. The maximum absolute atomic E-state index is 5.52. The van der Waals surface area contributed by atoms with E-state index in [1.807, 2.05) is 11.3 Å². The molecule has 1 aromatic rings. The van der Waals surface area contributed by atoms with Gasteiger partial charge >= 0.3 is 0 Å². The van der Waals surface area contributed by atoms with Gasteiger partial charge in [0.25, 0.3) is 0 Å². The first-order valence-corrected chi connectivity index (χ1v) is 7.81. The Morgan fingerprint density at radius 1 is 1.33 bits per heavy atom. The summed E-state index contributed by atoms with van der Waals surface area (Å²) in [4.78, 5) is 6.48. The predicted molar refractivity (Wildman–Crippen MR) is 74.1 cm³/mol. The molecule has 0 saturated carbocycles. The summed E-state index contributed by atoms with van der Waals surface area (Å²) < 4.78 is 5.52. The quantitative estimate of drug-likeness (QED) is 0.913. The second-order valence-electron chi connectivity index (χ2n) is 5.81. The van der Waals surface area contributed by atoms with E-state index < -0.39 is 0 Å². The van der Waals surface area contributed by atoms with Crippen molar-refractivity contribution in [3.63, 3.8) is 0 Å². The van der Waals surface area contributed by atoms with E-state index in [0.29, 0.717) is 11.5 Å². The molecule has 1 aliphatic heterocycles. The smallest absolute Gasteiger partial charge is 0.107 e. The van der Waals surface area contributed by atoms with Crippen molar-refractivity contribution in [1.82, 2.24) is 10.3 Å². The number of thiazole rings is 1. The van der Waals surface area contributed by atoms with Gasteiger partial charge in [0.2, 0.25) is 0 Å². The molecule has 0 atom stereocenters. The van der Waals surface area contributed by atoms with Crippen LogP contribution in [-0.2, 0) is 23.1 Å². The molecular weight excluding hydrogens is 244 g/mol. The van der Waals surface area contributed by atoms with Crippen LogP contribution in [0.25, 0.3) is 0 Å². The molecule has 0 unspecified atom stereocenters. The SMILES string of the molecule is CC(C)NCc1nc2c(s1)CCC21CCOCC1. The van der Waals surface area contributed by atoms with Gasteiger partial charge in [0.05, 0.1) is 5.69 Å². The molecule has 0 bridgehead atoms. The van der Waals surface area contributed by atoms with Crippen LogP contribution in [-0.4, -0.2) is 24.2 Å². The van der Waals surface area contributed by atoms with E-state index in [1.165, 1.54) is 41.3 Å². The molecule has 4 heteroatoms. The summed E-state index contributed by atoms with van der Waals surface area (Å²) in [6, 6.07) is 0.529. The number of aryl methyl sites for hydroxylation is 1. The van der Waals surface area contributed by atoms with Crippen molar-refractivity contribution in [2.45, 2.75) is 57.5 Å². The van der Waals surface area contributed by atoms with Crippen molar-refractivity contribution in [2.75, 3.05) is 13.2 Å². The zero-order valence-corrected chi connectivity index (χ0v) is 12.1. The van der Waals surface area contributed by atoms with Crippen molar-refractivity contribution in [2.24, 2.45) is 0 Å². The zero-order valence-electron chi connectivity index (χ0n) is 11.3. The van der Waals surface area contributed by atoms with Crippen LogP contribution < -0.4 is 5.32 Å². The summed E-state index contributed by atoms with van der Waals surface area (Å²) >= 11 is 1.92. The van der Waals surface area contributed by atoms with Gasteiger partial charge in [-0.3, -0.25) is 0 Å². The monoisotopic (exact) mass is 266 g/mol. The topological polar surface area (TPSA) is 34.2 Å². The second-order valence-corrected chi connectivity index (χ2v) is 6.98. The molecule has 18 heavy (non-hydrogen) atoms. The molecule has 2 heterocycles. The normalized spacial score (nSPS) is 21.7. The molecule has 2 aliphatic rings. The van der Waals surface area contributed by atoms with Crippen molar-refractivity contribution >= 4 is 11.3 Å². The van der Waals surface area contributed by atoms with Gasteiger partial charge in [0, 0.05) is 36.1 Å². The van der Waals surface area contributed by atoms with Gasteiger partial charge in [0.15, 0.2) is 0 Å². The van der Waals surface area contributed by atoms with Crippen LogP contribution in [0.4, 0.5) is 0 Å². The highest BCUT2D eigenvalue weighted by atomic mass is 32.1. The highest BCUT2D eigenvalue weighted by molar-refractivity contribution is 7.11. The lowest BCUT2D eigenvalue weighted by Crippen LogP contribution is -2.32. The lowest BCUT2D eigenvalue weighted by Gasteiger charge is -2.32. The molecule has 1 fully saturated rings. The van der Waals surface area contributed by atoms with E-state index in [9.17, 15) is 0 Å². The number of nitrogens with one attached hydrogen (secondary N) is 1. The Morgan fingerprint density at radius 3 is 2.83 bits per heavy atom. The van der Waals surface area contributed by atoms with Crippen molar-refractivity contribution < 1.29 is 4.74 Å². The fourth-order valence-corrected chi connectivity index (χ4v) is 4.21. The van der Waals surface area contributed by atoms with Gasteiger partial charge in [-0.2, -0.15) is 0 Å². The van der Waals surface area contributed by atoms with Crippen LogP contribution in [0.1, 0.15) is 48.7 Å². The van der Waals surface area contributed by atoms with E-state index in [4.69, 9.17) is 9.72 Å². The number of fused-ring (bicyclic) bond motifs is 2. The lowest BCUT2D eigenvalue weighted by atomic mass is 9.78. The van der Waals surface area contributed by atoms with E-state index in [-0.39, 0.29) is 0 Å². The summed E-state index contributed by atoms with van der Waals surface area (Å²) in [5.41, 5.74) is 1.77. The highest BCUT2D eigenvalue weighted by Crippen LogP contribution is 2.47. The van der Waals surface area contributed by atoms with Crippen LogP contribution in [0, 0.1) is 0 Å². The van der Waals surface area contributed by atoms with Crippen LogP contribution in [0.15, 0.2) is 0 Å². The fourth-order valence-electron chi connectivity index (χ4n) is 3.07. The molecular formula is C14H22N2OS. The predicted octanol–water partition coefficient (Wildman–Crippen LogP) is 2.64. The molecule has 100 valence electrons. The summed E-state index contributed by atoms with van der Waals surface area (Å²) in [7, 11) is 0. The van der Waals surface area contributed by atoms with Crippen molar-refractivity contribution in [1.29, 1.82) is 0 Å². The zero-order chi connectivity index (χ0) is 12.6. The minimum Gasteiger partial charge on any atom is -0.381 e. The van der Waals surface area contributed by atoms with Crippen molar-refractivity contribution in [3.8, 4) is 0 Å².